The van der Waals surface area contributed by atoms with Crippen LogP contribution in [0.2, 0.25) is 0 Å². The van der Waals surface area contributed by atoms with Crippen LogP contribution in [0.3, 0.4) is 0 Å². The minimum absolute atomic E-state index is 0. The molecule has 0 saturated carbocycles. The number of rotatable bonds is 2. The van der Waals surface area contributed by atoms with Gasteiger partial charge in [0.25, 0.3) is 5.56 Å². The Morgan fingerprint density at radius 3 is 2.14 bits per heavy atom. The molecule has 0 radical (unpaired) electrons. The molecular formula is C16H16FeN2O2-6. The van der Waals surface area contributed by atoms with E-state index in [-0.39, 0.29) is 28.3 Å². The Morgan fingerprint density at radius 1 is 1.10 bits per heavy atom. The molecule has 0 fully saturated rings. The Labute approximate surface area is 133 Å². The largest absolute Gasteiger partial charge is 0.748 e. The summed E-state index contributed by atoms with van der Waals surface area (Å²) in [5, 5.41) is 0. The van der Waals surface area contributed by atoms with Crippen molar-refractivity contribution in [3.8, 4) is 0 Å². The molecule has 4 nitrogen and oxygen atoms in total. The van der Waals surface area contributed by atoms with Crippen LogP contribution in [0.5, 0.6) is 0 Å². The van der Waals surface area contributed by atoms with Gasteiger partial charge in [-0.1, -0.05) is 0 Å². The molecule has 2 aromatic carbocycles. The molecule has 3 rings (SSSR count). The molecule has 1 N–H and O–H groups in total. The first-order chi connectivity index (χ1) is 9.66. The summed E-state index contributed by atoms with van der Waals surface area (Å²) in [5.41, 5.74) is 0.898. The third kappa shape index (κ3) is 5.06. The fraction of sp³-hybridized carbons (Fsp3) is 0.125. The first-order valence-corrected chi connectivity index (χ1v) is 6.34. The summed E-state index contributed by atoms with van der Waals surface area (Å²) < 4.78 is 1.49. The maximum atomic E-state index is 11.4. The van der Waals surface area contributed by atoms with Gasteiger partial charge in [-0.2, -0.15) is 12.1 Å². The van der Waals surface area contributed by atoms with E-state index in [1.165, 1.54) is 4.57 Å². The van der Waals surface area contributed by atoms with E-state index in [1.807, 2.05) is 54.6 Å². The average Bonchev–Trinajstić information content (AvgIpc) is 3.12. The van der Waals surface area contributed by atoms with Crippen LogP contribution < -0.4 is 11.2 Å². The van der Waals surface area contributed by atoms with Gasteiger partial charge < -0.3 is 34.9 Å². The normalized spacial score (nSPS) is 9.38. The standard InChI is InChI=1S/C11H11N2O2.C5H5.Fe/c1-8-6-13(11(15)12-10(8)14)7-9-4-2-3-5-9;1-2-4-5-3-1;/h2-6H,7H2,1H3,(H,12,14,15);1-5H;/q-1;-5;. The molecule has 0 atom stereocenters. The fourth-order valence-electron chi connectivity index (χ4n) is 1.77. The Bertz CT molecular complexity index is 720. The predicted octanol–water partition coefficient (Wildman–Crippen LogP) is 2.02. The van der Waals surface area contributed by atoms with Gasteiger partial charge in [-0.15, -0.1) is 5.56 Å². The Morgan fingerprint density at radius 2 is 1.62 bits per heavy atom. The summed E-state index contributed by atoms with van der Waals surface area (Å²) in [7, 11) is 0. The van der Waals surface area contributed by atoms with Crippen LogP contribution in [0, 0.1) is 6.92 Å². The van der Waals surface area contributed by atoms with Crippen molar-refractivity contribution in [3.05, 3.63) is 92.8 Å². The second-order valence-corrected chi connectivity index (χ2v) is 4.45. The van der Waals surface area contributed by atoms with Crippen LogP contribution in [0.25, 0.3) is 0 Å². The van der Waals surface area contributed by atoms with Gasteiger partial charge in [0.1, 0.15) is 0 Å². The van der Waals surface area contributed by atoms with E-state index >= 15 is 0 Å². The van der Waals surface area contributed by atoms with Crippen molar-refractivity contribution in [2.24, 2.45) is 0 Å². The van der Waals surface area contributed by atoms with Gasteiger partial charge in [-0.3, -0.25) is 9.78 Å². The van der Waals surface area contributed by atoms with Crippen molar-refractivity contribution in [3.63, 3.8) is 0 Å². The van der Waals surface area contributed by atoms with Gasteiger partial charge in [0.2, 0.25) is 0 Å². The van der Waals surface area contributed by atoms with E-state index in [0.717, 1.165) is 5.56 Å². The van der Waals surface area contributed by atoms with E-state index < -0.39 is 0 Å². The minimum Gasteiger partial charge on any atom is -0.748 e. The van der Waals surface area contributed by atoms with Crippen LogP contribution in [0.15, 0.2) is 70.4 Å². The quantitative estimate of drug-likeness (QED) is 0.579. The number of aromatic nitrogens is 2. The monoisotopic (exact) mass is 324 g/mol. The fourth-order valence-corrected chi connectivity index (χ4v) is 1.77. The van der Waals surface area contributed by atoms with E-state index in [9.17, 15) is 9.59 Å². The van der Waals surface area contributed by atoms with Gasteiger partial charge in [0, 0.05) is 35.4 Å². The third-order valence-corrected chi connectivity index (χ3v) is 2.83. The summed E-state index contributed by atoms with van der Waals surface area (Å²) in [5.74, 6) is 0. The second-order valence-electron chi connectivity index (χ2n) is 4.45. The summed E-state index contributed by atoms with van der Waals surface area (Å²) in [6.07, 6.45) is 1.58. The average molecular weight is 324 g/mol. The van der Waals surface area contributed by atoms with Crippen molar-refractivity contribution < 1.29 is 17.1 Å². The zero-order valence-electron chi connectivity index (χ0n) is 11.6. The van der Waals surface area contributed by atoms with E-state index in [1.54, 1.807) is 13.1 Å². The van der Waals surface area contributed by atoms with Gasteiger partial charge in [-0.25, -0.2) is 16.9 Å². The van der Waals surface area contributed by atoms with E-state index in [4.69, 9.17) is 0 Å². The predicted molar refractivity (Wildman–Crippen MR) is 79.2 cm³/mol. The molecule has 21 heavy (non-hydrogen) atoms. The van der Waals surface area contributed by atoms with Crippen LogP contribution in [-0.4, -0.2) is 9.55 Å². The molecular weight excluding hydrogens is 308 g/mol. The molecule has 0 spiro atoms. The summed E-state index contributed by atoms with van der Waals surface area (Å²) in [6, 6.07) is 17.7. The first kappa shape index (κ1) is 17.0. The molecule has 3 aromatic rings. The number of nitrogens with zero attached hydrogens (tertiary/aromatic N) is 1. The van der Waals surface area contributed by atoms with Gasteiger partial charge >= 0.3 is 5.69 Å². The zero-order valence-corrected chi connectivity index (χ0v) is 12.7. The van der Waals surface area contributed by atoms with Crippen LogP contribution in [-0.2, 0) is 23.6 Å². The molecule has 0 amide bonds. The number of hydrogen-bond donors (Lipinski definition) is 1. The van der Waals surface area contributed by atoms with E-state index in [0.29, 0.717) is 12.1 Å². The number of aryl methyl sites for hydroxylation is 1. The summed E-state index contributed by atoms with van der Waals surface area (Å²) in [6.45, 7) is 2.17. The van der Waals surface area contributed by atoms with Crippen molar-refractivity contribution >= 4 is 0 Å². The Balaban J connectivity index is 0.000000313. The minimum atomic E-state index is -0.369. The molecule has 0 aliphatic rings. The number of hydrogen-bond acceptors (Lipinski definition) is 2. The Kier molecular flexibility index (Phi) is 6.66. The summed E-state index contributed by atoms with van der Waals surface area (Å²) >= 11 is 0. The van der Waals surface area contributed by atoms with E-state index in [2.05, 4.69) is 4.98 Å². The van der Waals surface area contributed by atoms with Crippen molar-refractivity contribution in [1.82, 2.24) is 9.55 Å². The molecule has 1 heterocycles. The first-order valence-electron chi connectivity index (χ1n) is 6.34. The molecule has 116 valence electrons. The van der Waals surface area contributed by atoms with Crippen LogP contribution in [0.4, 0.5) is 0 Å². The topological polar surface area (TPSA) is 54.9 Å². The van der Waals surface area contributed by atoms with Crippen molar-refractivity contribution in [1.29, 1.82) is 0 Å². The van der Waals surface area contributed by atoms with Gasteiger partial charge in [-0.05, 0) is 6.92 Å². The number of aromatic amines is 1. The maximum Gasteiger partial charge on any atom is 0.327 e. The van der Waals surface area contributed by atoms with Crippen LogP contribution in [0.1, 0.15) is 11.1 Å². The summed E-state index contributed by atoms with van der Waals surface area (Å²) in [4.78, 5) is 24.8. The third-order valence-electron chi connectivity index (χ3n) is 2.83. The Hall–Kier alpha value is -2.10. The molecule has 0 bridgehead atoms. The van der Waals surface area contributed by atoms with Gasteiger partial charge in [0.05, 0.1) is 0 Å². The molecule has 0 aliphatic carbocycles. The molecule has 1 aromatic heterocycles. The molecule has 0 saturated heterocycles. The zero-order chi connectivity index (χ0) is 14.4. The molecule has 5 heteroatoms. The molecule has 0 unspecified atom stereocenters. The van der Waals surface area contributed by atoms with Gasteiger partial charge in [0.15, 0.2) is 0 Å². The second kappa shape index (κ2) is 8.25. The van der Waals surface area contributed by atoms with Crippen molar-refractivity contribution in [2.75, 3.05) is 0 Å². The number of H-pyrrole nitrogens is 1. The molecule has 0 aliphatic heterocycles. The van der Waals surface area contributed by atoms with Crippen LogP contribution >= 0.6 is 0 Å². The SMILES string of the molecule is Cc1cn(C[c-]2cccc2)c(=O)[nH]c1=O.[Fe].[cH-]1[cH-][cH-][cH-][cH-]1. The van der Waals surface area contributed by atoms with Crippen molar-refractivity contribution in [2.45, 2.75) is 13.5 Å². The smallest absolute Gasteiger partial charge is 0.327 e. The number of nitrogens with one attached hydrogen (secondary N) is 1. The maximum absolute atomic E-state index is 11.4.